The van der Waals surface area contributed by atoms with E-state index in [2.05, 4.69) is 29.5 Å². The molecule has 0 radical (unpaired) electrons. The largest absolute Gasteiger partial charge is 0.380 e. The van der Waals surface area contributed by atoms with Gasteiger partial charge >= 0.3 is 0 Å². The van der Waals surface area contributed by atoms with Crippen molar-refractivity contribution < 1.29 is 9.53 Å². The first-order valence-electron chi connectivity index (χ1n) is 7.17. The van der Waals surface area contributed by atoms with Crippen molar-refractivity contribution in [3.8, 4) is 0 Å². The Bertz CT molecular complexity index is 421. The van der Waals surface area contributed by atoms with Gasteiger partial charge in [0.15, 0.2) is 0 Å². The zero-order valence-corrected chi connectivity index (χ0v) is 12.8. The standard InChI is InChI=1S/C15H25N3O2/c1-5-16-15(19)13-9-12(7-8-17-13)18-14(11(3)4)10-20-6-2/h7-9,11,14H,5-6,10H2,1-4H3,(H,16,19)(H,17,18). The van der Waals surface area contributed by atoms with Crippen molar-refractivity contribution in [2.75, 3.05) is 25.1 Å². The minimum absolute atomic E-state index is 0.151. The van der Waals surface area contributed by atoms with E-state index in [-0.39, 0.29) is 11.9 Å². The van der Waals surface area contributed by atoms with Crippen LogP contribution in [-0.2, 0) is 4.74 Å². The number of carbonyl (C=O) groups excluding carboxylic acids is 1. The quantitative estimate of drug-likeness (QED) is 0.766. The lowest BCUT2D eigenvalue weighted by Gasteiger charge is -2.23. The fourth-order valence-electron chi connectivity index (χ4n) is 1.76. The second-order valence-corrected chi connectivity index (χ2v) is 4.94. The lowest BCUT2D eigenvalue weighted by atomic mass is 10.1. The summed E-state index contributed by atoms with van der Waals surface area (Å²) in [4.78, 5) is 15.9. The van der Waals surface area contributed by atoms with E-state index in [1.807, 2.05) is 19.9 Å². The predicted molar refractivity (Wildman–Crippen MR) is 81.0 cm³/mol. The van der Waals surface area contributed by atoms with Crippen LogP contribution in [0, 0.1) is 5.92 Å². The highest BCUT2D eigenvalue weighted by atomic mass is 16.5. The third kappa shape index (κ3) is 5.17. The molecule has 0 aliphatic carbocycles. The van der Waals surface area contributed by atoms with Crippen molar-refractivity contribution in [1.29, 1.82) is 0 Å². The molecule has 1 aromatic rings. The Hall–Kier alpha value is -1.62. The molecule has 112 valence electrons. The van der Waals surface area contributed by atoms with Crippen molar-refractivity contribution in [3.63, 3.8) is 0 Å². The topological polar surface area (TPSA) is 63.2 Å². The molecule has 20 heavy (non-hydrogen) atoms. The second-order valence-electron chi connectivity index (χ2n) is 4.94. The monoisotopic (exact) mass is 279 g/mol. The zero-order valence-electron chi connectivity index (χ0n) is 12.8. The van der Waals surface area contributed by atoms with Gasteiger partial charge in [0.1, 0.15) is 5.69 Å². The molecule has 1 heterocycles. The number of hydrogen-bond donors (Lipinski definition) is 2. The molecule has 0 aliphatic heterocycles. The van der Waals surface area contributed by atoms with Gasteiger partial charge < -0.3 is 15.4 Å². The van der Waals surface area contributed by atoms with Crippen molar-refractivity contribution in [1.82, 2.24) is 10.3 Å². The summed E-state index contributed by atoms with van der Waals surface area (Å²) in [5, 5.41) is 6.15. The van der Waals surface area contributed by atoms with Crippen LogP contribution in [0.5, 0.6) is 0 Å². The Labute approximate surface area is 121 Å². The van der Waals surface area contributed by atoms with Gasteiger partial charge in [-0.25, -0.2) is 0 Å². The summed E-state index contributed by atoms with van der Waals surface area (Å²) in [5.74, 6) is 0.282. The molecule has 1 amide bonds. The van der Waals surface area contributed by atoms with E-state index in [0.717, 1.165) is 5.69 Å². The van der Waals surface area contributed by atoms with Crippen LogP contribution < -0.4 is 10.6 Å². The van der Waals surface area contributed by atoms with Gasteiger partial charge in [0, 0.05) is 25.0 Å². The maximum atomic E-state index is 11.8. The van der Waals surface area contributed by atoms with E-state index in [1.54, 1.807) is 12.3 Å². The number of aromatic nitrogens is 1. The van der Waals surface area contributed by atoms with Gasteiger partial charge in [0.25, 0.3) is 5.91 Å². The lowest BCUT2D eigenvalue weighted by molar-refractivity contribution is 0.0951. The average molecular weight is 279 g/mol. The number of amides is 1. The number of rotatable bonds is 8. The highest BCUT2D eigenvalue weighted by Crippen LogP contribution is 2.14. The Morgan fingerprint density at radius 1 is 1.40 bits per heavy atom. The smallest absolute Gasteiger partial charge is 0.269 e. The summed E-state index contributed by atoms with van der Waals surface area (Å²) in [6.45, 7) is 10.1. The van der Waals surface area contributed by atoms with Gasteiger partial charge in [0.05, 0.1) is 12.6 Å². The van der Waals surface area contributed by atoms with E-state index in [0.29, 0.717) is 31.4 Å². The van der Waals surface area contributed by atoms with Crippen LogP contribution in [0.3, 0.4) is 0 Å². The molecule has 0 saturated carbocycles. The summed E-state index contributed by atoms with van der Waals surface area (Å²) in [6, 6.07) is 3.84. The van der Waals surface area contributed by atoms with Crippen molar-refractivity contribution in [3.05, 3.63) is 24.0 Å². The van der Waals surface area contributed by atoms with E-state index in [1.165, 1.54) is 0 Å². The Kier molecular flexibility index (Phi) is 7.01. The summed E-state index contributed by atoms with van der Waals surface area (Å²) in [5.41, 5.74) is 1.32. The molecule has 5 heteroatoms. The first-order chi connectivity index (χ1) is 9.58. The molecular weight excluding hydrogens is 254 g/mol. The van der Waals surface area contributed by atoms with Gasteiger partial charge in [-0.05, 0) is 31.9 Å². The van der Waals surface area contributed by atoms with Gasteiger partial charge in [-0.3, -0.25) is 9.78 Å². The average Bonchev–Trinajstić information content (AvgIpc) is 2.43. The van der Waals surface area contributed by atoms with Crippen LogP contribution in [0.2, 0.25) is 0 Å². The maximum Gasteiger partial charge on any atom is 0.269 e. The Balaban J connectivity index is 2.75. The van der Waals surface area contributed by atoms with Gasteiger partial charge in [-0.15, -0.1) is 0 Å². The number of carbonyl (C=O) groups is 1. The van der Waals surface area contributed by atoms with Crippen molar-refractivity contribution in [2.24, 2.45) is 5.92 Å². The molecular formula is C15H25N3O2. The third-order valence-corrected chi connectivity index (χ3v) is 2.99. The summed E-state index contributed by atoms with van der Waals surface area (Å²) >= 11 is 0. The number of pyridine rings is 1. The minimum Gasteiger partial charge on any atom is -0.380 e. The lowest BCUT2D eigenvalue weighted by Crippen LogP contribution is -2.31. The normalized spacial score (nSPS) is 12.2. The van der Waals surface area contributed by atoms with E-state index < -0.39 is 0 Å². The maximum absolute atomic E-state index is 11.8. The summed E-state index contributed by atoms with van der Waals surface area (Å²) < 4.78 is 5.49. The number of nitrogens with zero attached hydrogens (tertiary/aromatic N) is 1. The van der Waals surface area contributed by atoms with E-state index in [9.17, 15) is 4.79 Å². The number of ether oxygens (including phenoxy) is 1. The fourth-order valence-corrected chi connectivity index (χ4v) is 1.76. The molecule has 0 aromatic carbocycles. The van der Waals surface area contributed by atoms with Crippen LogP contribution in [-0.4, -0.2) is 36.7 Å². The van der Waals surface area contributed by atoms with Gasteiger partial charge in [-0.1, -0.05) is 13.8 Å². The molecule has 0 saturated heterocycles. The SMILES string of the molecule is CCNC(=O)c1cc(NC(COCC)C(C)C)ccn1. The molecule has 0 bridgehead atoms. The molecule has 0 fully saturated rings. The van der Waals surface area contributed by atoms with Crippen LogP contribution in [0.4, 0.5) is 5.69 Å². The fraction of sp³-hybridized carbons (Fsp3) is 0.600. The van der Waals surface area contributed by atoms with E-state index in [4.69, 9.17) is 4.74 Å². The number of anilines is 1. The van der Waals surface area contributed by atoms with E-state index >= 15 is 0 Å². The third-order valence-electron chi connectivity index (χ3n) is 2.99. The van der Waals surface area contributed by atoms with Gasteiger partial charge in [0.2, 0.25) is 0 Å². The van der Waals surface area contributed by atoms with Crippen LogP contribution in [0.15, 0.2) is 18.3 Å². The Morgan fingerprint density at radius 2 is 2.15 bits per heavy atom. The number of hydrogen-bond acceptors (Lipinski definition) is 4. The molecule has 0 aliphatic rings. The second kappa shape index (κ2) is 8.53. The first-order valence-corrected chi connectivity index (χ1v) is 7.17. The molecule has 1 aromatic heterocycles. The summed E-state index contributed by atoms with van der Waals surface area (Å²) in [6.07, 6.45) is 1.64. The highest BCUT2D eigenvalue weighted by Gasteiger charge is 2.14. The molecule has 1 unspecified atom stereocenters. The van der Waals surface area contributed by atoms with Crippen LogP contribution in [0.1, 0.15) is 38.2 Å². The van der Waals surface area contributed by atoms with Gasteiger partial charge in [-0.2, -0.15) is 0 Å². The number of nitrogens with one attached hydrogen (secondary N) is 2. The Morgan fingerprint density at radius 3 is 2.75 bits per heavy atom. The molecule has 2 N–H and O–H groups in total. The molecule has 5 nitrogen and oxygen atoms in total. The molecule has 1 atom stereocenters. The van der Waals surface area contributed by atoms with Crippen LogP contribution in [0.25, 0.3) is 0 Å². The predicted octanol–water partition coefficient (Wildman–Crippen LogP) is 2.30. The zero-order chi connectivity index (χ0) is 15.0. The van der Waals surface area contributed by atoms with Crippen molar-refractivity contribution >= 4 is 11.6 Å². The van der Waals surface area contributed by atoms with Crippen molar-refractivity contribution in [2.45, 2.75) is 33.7 Å². The molecule has 1 rings (SSSR count). The van der Waals surface area contributed by atoms with Crippen LogP contribution >= 0.6 is 0 Å². The summed E-state index contributed by atoms with van der Waals surface area (Å²) in [7, 11) is 0. The minimum atomic E-state index is -0.151. The first kappa shape index (κ1) is 16.4. The highest BCUT2D eigenvalue weighted by molar-refractivity contribution is 5.93. The molecule has 0 spiro atoms.